The van der Waals surface area contributed by atoms with Gasteiger partial charge in [-0.1, -0.05) is 31.2 Å². The van der Waals surface area contributed by atoms with Gasteiger partial charge >= 0.3 is 0 Å². The van der Waals surface area contributed by atoms with Crippen LogP contribution in [0.1, 0.15) is 18.1 Å². The maximum absolute atomic E-state index is 4.20. The Kier molecular flexibility index (Phi) is 4.33. The molecule has 3 nitrogen and oxygen atoms in total. The zero-order valence-electron chi connectivity index (χ0n) is 10.3. The molecule has 1 heterocycles. The summed E-state index contributed by atoms with van der Waals surface area (Å²) < 4.78 is 1.94. The van der Waals surface area contributed by atoms with Gasteiger partial charge in [0.25, 0.3) is 0 Å². The van der Waals surface area contributed by atoms with Crippen molar-refractivity contribution in [3.63, 3.8) is 0 Å². The van der Waals surface area contributed by atoms with Gasteiger partial charge < -0.3 is 5.32 Å². The number of hydrogen-bond acceptors (Lipinski definition) is 2. The summed E-state index contributed by atoms with van der Waals surface area (Å²) in [5, 5.41) is 7.53. The van der Waals surface area contributed by atoms with E-state index in [-0.39, 0.29) is 0 Å². The van der Waals surface area contributed by atoms with E-state index in [1.807, 2.05) is 23.1 Å². The van der Waals surface area contributed by atoms with Crippen molar-refractivity contribution in [2.24, 2.45) is 0 Å². The number of benzene rings is 1. The third-order valence-corrected chi connectivity index (χ3v) is 2.77. The van der Waals surface area contributed by atoms with Crippen molar-refractivity contribution < 1.29 is 0 Å². The molecule has 0 aliphatic heterocycles. The molecule has 3 heteroatoms. The Morgan fingerprint density at radius 2 is 1.94 bits per heavy atom. The zero-order chi connectivity index (χ0) is 11.9. The monoisotopic (exact) mass is 229 g/mol. The third kappa shape index (κ3) is 3.71. The summed E-state index contributed by atoms with van der Waals surface area (Å²) in [6.45, 7) is 5.07. The Morgan fingerprint density at radius 3 is 2.59 bits per heavy atom. The zero-order valence-corrected chi connectivity index (χ0v) is 10.3. The smallest absolute Gasteiger partial charge is 0.0659 e. The van der Waals surface area contributed by atoms with E-state index in [0.29, 0.717) is 0 Å². The van der Waals surface area contributed by atoms with E-state index in [9.17, 15) is 0 Å². The van der Waals surface area contributed by atoms with Gasteiger partial charge in [0.15, 0.2) is 0 Å². The standard InChI is InChI=1S/C14H19N3/c1-2-15-10-8-13-4-6-14(7-5-13)12-17-11-3-9-16-17/h3-7,9,11,15H,2,8,10,12H2,1H3. The van der Waals surface area contributed by atoms with Crippen LogP contribution in [0.5, 0.6) is 0 Å². The first-order valence-electron chi connectivity index (χ1n) is 6.14. The minimum absolute atomic E-state index is 0.848. The van der Waals surface area contributed by atoms with Crippen LogP contribution in [0.3, 0.4) is 0 Å². The highest BCUT2D eigenvalue weighted by molar-refractivity contribution is 5.22. The van der Waals surface area contributed by atoms with Crippen molar-refractivity contribution in [1.29, 1.82) is 0 Å². The molecule has 0 unspecified atom stereocenters. The van der Waals surface area contributed by atoms with Crippen LogP contribution in [0.15, 0.2) is 42.7 Å². The second kappa shape index (κ2) is 6.21. The van der Waals surface area contributed by atoms with Gasteiger partial charge in [-0.05, 0) is 36.7 Å². The molecule has 0 aliphatic rings. The molecule has 0 bridgehead atoms. The van der Waals surface area contributed by atoms with Gasteiger partial charge in [-0.15, -0.1) is 0 Å². The summed E-state index contributed by atoms with van der Waals surface area (Å²) in [7, 11) is 0. The minimum atomic E-state index is 0.848. The molecule has 2 rings (SSSR count). The average molecular weight is 229 g/mol. The third-order valence-electron chi connectivity index (χ3n) is 2.77. The summed E-state index contributed by atoms with van der Waals surface area (Å²) in [6, 6.07) is 10.7. The van der Waals surface area contributed by atoms with Gasteiger partial charge in [-0.2, -0.15) is 5.10 Å². The van der Waals surface area contributed by atoms with Crippen molar-refractivity contribution in [1.82, 2.24) is 15.1 Å². The molecule has 1 aromatic carbocycles. The lowest BCUT2D eigenvalue weighted by Crippen LogP contribution is -2.16. The molecular weight excluding hydrogens is 210 g/mol. The number of hydrogen-bond donors (Lipinski definition) is 1. The van der Waals surface area contributed by atoms with Crippen molar-refractivity contribution >= 4 is 0 Å². The van der Waals surface area contributed by atoms with E-state index >= 15 is 0 Å². The van der Waals surface area contributed by atoms with Gasteiger partial charge in [-0.25, -0.2) is 0 Å². The Hall–Kier alpha value is -1.61. The molecule has 0 saturated carbocycles. The SMILES string of the molecule is CCNCCc1ccc(Cn2cccn2)cc1. The van der Waals surface area contributed by atoms with E-state index < -0.39 is 0 Å². The van der Waals surface area contributed by atoms with Crippen molar-refractivity contribution in [3.05, 3.63) is 53.9 Å². The van der Waals surface area contributed by atoms with Gasteiger partial charge in [0, 0.05) is 12.4 Å². The quantitative estimate of drug-likeness (QED) is 0.769. The molecule has 0 atom stereocenters. The van der Waals surface area contributed by atoms with Crippen LogP contribution in [0.4, 0.5) is 0 Å². The highest BCUT2D eigenvalue weighted by atomic mass is 15.3. The molecule has 0 saturated heterocycles. The minimum Gasteiger partial charge on any atom is -0.317 e. The number of nitrogens with one attached hydrogen (secondary N) is 1. The molecule has 17 heavy (non-hydrogen) atoms. The maximum atomic E-state index is 4.20. The average Bonchev–Trinajstić information content (AvgIpc) is 2.85. The molecule has 0 amide bonds. The van der Waals surface area contributed by atoms with E-state index in [1.165, 1.54) is 11.1 Å². The number of aromatic nitrogens is 2. The van der Waals surface area contributed by atoms with Gasteiger partial charge in [0.1, 0.15) is 0 Å². The Balaban J connectivity index is 1.89. The summed E-state index contributed by atoms with van der Waals surface area (Å²) in [5.74, 6) is 0. The Labute approximate surface area is 102 Å². The van der Waals surface area contributed by atoms with Crippen molar-refractivity contribution in [3.8, 4) is 0 Å². The van der Waals surface area contributed by atoms with Crippen LogP contribution in [0, 0.1) is 0 Å². The molecule has 90 valence electrons. The highest BCUT2D eigenvalue weighted by Crippen LogP contribution is 2.06. The largest absolute Gasteiger partial charge is 0.317 e. The number of rotatable bonds is 6. The maximum Gasteiger partial charge on any atom is 0.0659 e. The Morgan fingerprint density at radius 1 is 1.18 bits per heavy atom. The van der Waals surface area contributed by atoms with Crippen molar-refractivity contribution in [2.45, 2.75) is 19.9 Å². The van der Waals surface area contributed by atoms with Gasteiger partial charge in [-0.3, -0.25) is 4.68 Å². The van der Waals surface area contributed by atoms with E-state index in [2.05, 4.69) is 41.6 Å². The first kappa shape index (κ1) is 11.9. The van der Waals surface area contributed by atoms with E-state index in [4.69, 9.17) is 0 Å². The Bertz CT molecular complexity index is 417. The molecule has 0 fully saturated rings. The van der Waals surface area contributed by atoms with Crippen molar-refractivity contribution in [2.75, 3.05) is 13.1 Å². The fourth-order valence-electron chi connectivity index (χ4n) is 1.80. The fourth-order valence-corrected chi connectivity index (χ4v) is 1.80. The van der Waals surface area contributed by atoms with Crippen LogP contribution in [0.25, 0.3) is 0 Å². The molecule has 2 aromatic rings. The normalized spacial score (nSPS) is 10.6. The first-order valence-corrected chi connectivity index (χ1v) is 6.14. The van der Waals surface area contributed by atoms with E-state index in [0.717, 1.165) is 26.1 Å². The van der Waals surface area contributed by atoms with Crippen LogP contribution in [-0.4, -0.2) is 22.9 Å². The topological polar surface area (TPSA) is 29.9 Å². The van der Waals surface area contributed by atoms with E-state index in [1.54, 1.807) is 0 Å². The van der Waals surface area contributed by atoms with Crippen LogP contribution in [0.2, 0.25) is 0 Å². The summed E-state index contributed by atoms with van der Waals surface area (Å²) in [6.07, 6.45) is 4.89. The predicted octanol–water partition coefficient (Wildman–Crippen LogP) is 2.08. The summed E-state index contributed by atoms with van der Waals surface area (Å²) >= 11 is 0. The predicted molar refractivity (Wildman–Crippen MR) is 70.0 cm³/mol. The van der Waals surface area contributed by atoms with Crippen LogP contribution < -0.4 is 5.32 Å². The number of likely N-dealkylation sites (N-methyl/N-ethyl adjacent to an activating group) is 1. The number of nitrogens with zero attached hydrogens (tertiary/aromatic N) is 2. The first-order chi connectivity index (χ1) is 8.38. The highest BCUT2D eigenvalue weighted by Gasteiger charge is 1.96. The summed E-state index contributed by atoms with van der Waals surface area (Å²) in [4.78, 5) is 0. The molecule has 0 radical (unpaired) electrons. The second-order valence-corrected chi connectivity index (χ2v) is 4.12. The molecular formula is C14H19N3. The molecule has 1 N–H and O–H groups in total. The lowest BCUT2D eigenvalue weighted by molar-refractivity contribution is 0.685. The lowest BCUT2D eigenvalue weighted by Gasteiger charge is -2.05. The van der Waals surface area contributed by atoms with Gasteiger partial charge in [0.05, 0.1) is 6.54 Å². The summed E-state index contributed by atoms with van der Waals surface area (Å²) in [5.41, 5.74) is 2.68. The lowest BCUT2D eigenvalue weighted by atomic mass is 10.1. The van der Waals surface area contributed by atoms with Crippen LogP contribution in [-0.2, 0) is 13.0 Å². The van der Waals surface area contributed by atoms with Gasteiger partial charge in [0.2, 0.25) is 0 Å². The second-order valence-electron chi connectivity index (χ2n) is 4.12. The molecule has 0 spiro atoms. The molecule has 1 aromatic heterocycles. The molecule has 0 aliphatic carbocycles. The van der Waals surface area contributed by atoms with Crippen LogP contribution >= 0.6 is 0 Å². The fraction of sp³-hybridized carbons (Fsp3) is 0.357.